The first kappa shape index (κ1) is 19.2. The van der Waals surface area contributed by atoms with Gasteiger partial charge in [-0.3, -0.25) is 9.59 Å². The first-order valence-corrected chi connectivity index (χ1v) is 7.94. The van der Waals surface area contributed by atoms with Gasteiger partial charge in [0.05, 0.1) is 31.2 Å². The van der Waals surface area contributed by atoms with E-state index in [1.807, 2.05) is 0 Å². The molecule has 2 atom stereocenters. The van der Waals surface area contributed by atoms with Crippen molar-refractivity contribution in [2.24, 2.45) is 0 Å². The zero-order valence-electron chi connectivity index (χ0n) is 13.8. The number of carbonyl (C=O) groups excluding carboxylic acids is 1. The average Bonchev–Trinajstić information content (AvgIpc) is 2.54. The minimum atomic E-state index is -4.43. The molecule has 0 aromatic heterocycles. The van der Waals surface area contributed by atoms with Crippen LogP contribution in [0.15, 0.2) is 24.3 Å². The molecule has 2 rings (SSSR count). The maximum absolute atomic E-state index is 12.8. The van der Waals surface area contributed by atoms with Crippen LogP contribution in [0.5, 0.6) is 0 Å². The lowest BCUT2D eigenvalue weighted by Gasteiger charge is -2.35. The number of morpholine rings is 1. The molecule has 1 N–H and O–H groups in total. The lowest BCUT2D eigenvalue weighted by Crippen LogP contribution is -2.49. The lowest BCUT2D eigenvalue weighted by atomic mass is 9.95. The number of halogens is 3. The van der Waals surface area contributed by atoms with Gasteiger partial charge in [-0.15, -0.1) is 0 Å². The smallest absolute Gasteiger partial charge is 0.416 e. The summed E-state index contributed by atoms with van der Waals surface area (Å²) in [5.41, 5.74) is -0.328. The van der Waals surface area contributed by atoms with E-state index >= 15 is 0 Å². The number of aliphatic carboxylic acids is 1. The van der Waals surface area contributed by atoms with Crippen molar-refractivity contribution in [2.75, 3.05) is 19.8 Å². The van der Waals surface area contributed by atoms with Gasteiger partial charge in [-0.05, 0) is 17.5 Å². The molecule has 0 bridgehead atoms. The molecule has 1 amide bonds. The summed E-state index contributed by atoms with van der Waals surface area (Å²) in [5, 5.41) is 8.93. The van der Waals surface area contributed by atoms with Crippen LogP contribution in [-0.4, -0.2) is 47.7 Å². The van der Waals surface area contributed by atoms with Crippen molar-refractivity contribution in [1.82, 2.24) is 4.90 Å². The molecule has 0 radical (unpaired) electrons. The van der Waals surface area contributed by atoms with Crippen molar-refractivity contribution >= 4 is 11.9 Å². The molecule has 1 heterocycles. The van der Waals surface area contributed by atoms with Crippen LogP contribution in [0.2, 0.25) is 0 Å². The highest BCUT2D eigenvalue weighted by Crippen LogP contribution is 2.32. The number of alkyl halides is 3. The molecule has 1 aliphatic rings. The zero-order chi connectivity index (χ0) is 18.6. The normalized spacial score (nSPS) is 19.5. The molecule has 1 aromatic carbocycles. The fourth-order valence-corrected chi connectivity index (χ4v) is 2.87. The Morgan fingerprint density at radius 2 is 2.12 bits per heavy atom. The summed E-state index contributed by atoms with van der Waals surface area (Å²) in [6, 6.07) is 4.37. The largest absolute Gasteiger partial charge is 0.481 e. The Morgan fingerprint density at radius 1 is 1.40 bits per heavy atom. The van der Waals surface area contributed by atoms with Gasteiger partial charge in [0.1, 0.15) is 0 Å². The molecule has 0 spiro atoms. The summed E-state index contributed by atoms with van der Waals surface area (Å²) in [4.78, 5) is 24.9. The van der Waals surface area contributed by atoms with E-state index in [4.69, 9.17) is 9.84 Å². The first-order valence-electron chi connectivity index (χ1n) is 7.94. The zero-order valence-corrected chi connectivity index (χ0v) is 13.8. The number of rotatable bonds is 5. The second-order valence-electron chi connectivity index (χ2n) is 6.14. The van der Waals surface area contributed by atoms with E-state index < -0.39 is 29.7 Å². The maximum atomic E-state index is 12.8. The average molecular weight is 359 g/mol. The number of hydrogen-bond donors (Lipinski definition) is 1. The predicted octanol–water partition coefficient (Wildman–Crippen LogP) is 2.90. The molecule has 138 valence electrons. The predicted molar refractivity (Wildman–Crippen MR) is 83.0 cm³/mol. The number of carboxylic acid groups (broad SMARTS) is 1. The van der Waals surface area contributed by atoms with Gasteiger partial charge in [-0.1, -0.05) is 25.1 Å². The van der Waals surface area contributed by atoms with Crippen molar-refractivity contribution < 1.29 is 32.6 Å². The van der Waals surface area contributed by atoms with Crippen LogP contribution in [0.25, 0.3) is 0 Å². The number of benzene rings is 1. The topological polar surface area (TPSA) is 66.8 Å². The van der Waals surface area contributed by atoms with Gasteiger partial charge < -0.3 is 14.7 Å². The van der Waals surface area contributed by atoms with Crippen LogP contribution in [0.3, 0.4) is 0 Å². The lowest BCUT2D eigenvalue weighted by molar-refractivity contribution is -0.146. The van der Waals surface area contributed by atoms with Gasteiger partial charge in [0.25, 0.3) is 0 Å². The summed E-state index contributed by atoms with van der Waals surface area (Å²) in [5.74, 6) is -1.72. The van der Waals surface area contributed by atoms with Gasteiger partial charge in [0, 0.05) is 13.0 Å². The van der Waals surface area contributed by atoms with Crippen molar-refractivity contribution in [3.63, 3.8) is 0 Å². The number of hydrogen-bond acceptors (Lipinski definition) is 3. The highest BCUT2D eigenvalue weighted by atomic mass is 19.4. The van der Waals surface area contributed by atoms with E-state index in [2.05, 4.69) is 0 Å². The minimum absolute atomic E-state index is 0.0113. The van der Waals surface area contributed by atoms with E-state index in [1.165, 1.54) is 11.0 Å². The summed E-state index contributed by atoms with van der Waals surface area (Å²) >= 11 is 0. The van der Waals surface area contributed by atoms with Gasteiger partial charge in [0.15, 0.2) is 0 Å². The highest BCUT2D eigenvalue weighted by molar-refractivity contribution is 5.78. The molecule has 1 fully saturated rings. The Labute approximate surface area is 143 Å². The number of carbonyl (C=O) groups is 2. The summed E-state index contributed by atoms with van der Waals surface area (Å²) in [6.45, 7) is 2.43. The quantitative estimate of drug-likeness (QED) is 0.878. The molecular weight excluding hydrogens is 339 g/mol. The SMILES string of the molecule is CC(CC(=O)N1CCOCC1CC(=O)O)c1cccc(C(F)(F)F)c1. The molecule has 0 saturated carbocycles. The van der Waals surface area contributed by atoms with Gasteiger partial charge >= 0.3 is 12.1 Å². The Kier molecular flexibility index (Phi) is 6.05. The third-order valence-electron chi connectivity index (χ3n) is 4.22. The second kappa shape index (κ2) is 7.86. The van der Waals surface area contributed by atoms with Crippen molar-refractivity contribution in [3.05, 3.63) is 35.4 Å². The van der Waals surface area contributed by atoms with Crippen LogP contribution in [0, 0.1) is 0 Å². The van der Waals surface area contributed by atoms with Gasteiger partial charge in [-0.25, -0.2) is 0 Å². The molecule has 5 nitrogen and oxygen atoms in total. The minimum Gasteiger partial charge on any atom is -0.481 e. The standard InChI is InChI=1S/C17H20F3NO4/c1-11(12-3-2-4-13(8-12)17(18,19)20)7-15(22)21-5-6-25-10-14(21)9-16(23)24/h2-4,8,11,14H,5-7,9-10H2,1H3,(H,23,24). The molecule has 0 aliphatic carbocycles. The van der Waals surface area contributed by atoms with E-state index in [9.17, 15) is 22.8 Å². The third kappa shape index (κ3) is 5.19. The first-order chi connectivity index (χ1) is 11.7. The molecule has 25 heavy (non-hydrogen) atoms. The molecule has 2 unspecified atom stereocenters. The Morgan fingerprint density at radius 3 is 2.76 bits per heavy atom. The van der Waals surface area contributed by atoms with Gasteiger partial charge in [-0.2, -0.15) is 13.2 Å². The molecule has 1 aromatic rings. The molecular formula is C17H20F3NO4. The van der Waals surface area contributed by atoms with Crippen LogP contribution < -0.4 is 0 Å². The monoisotopic (exact) mass is 359 g/mol. The number of ether oxygens (including phenoxy) is 1. The van der Waals surface area contributed by atoms with Crippen molar-refractivity contribution in [1.29, 1.82) is 0 Å². The van der Waals surface area contributed by atoms with E-state index in [1.54, 1.807) is 13.0 Å². The molecule has 8 heteroatoms. The third-order valence-corrected chi connectivity index (χ3v) is 4.22. The Bertz CT molecular complexity index is 633. The molecule has 1 aliphatic heterocycles. The number of nitrogens with zero attached hydrogens (tertiary/aromatic N) is 1. The fourth-order valence-electron chi connectivity index (χ4n) is 2.87. The summed E-state index contributed by atoms with van der Waals surface area (Å²) in [6.07, 6.45) is -4.64. The maximum Gasteiger partial charge on any atom is 0.416 e. The summed E-state index contributed by atoms with van der Waals surface area (Å²) < 4.78 is 43.7. The highest BCUT2D eigenvalue weighted by Gasteiger charge is 2.32. The van der Waals surface area contributed by atoms with Crippen LogP contribution in [0.4, 0.5) is 13.2 Å². The van der Waals surface area contributed by atoms with E-state index in [0.29, 0.717) is 12.2 Å². The second-order valence-corrected chi connectivity index (χ2v) is 6.14. The number of amides is 1. The van der Waals surface area contributed by atoms with Crippen LogP contribution in [0.1, 0.15) is 36.8 Å². The summed E-state index contributed by atoms with van der Waals surface area (Å²) in [7, 11) is 0. The Hall–Kier alpha value is -2.09. The van der Waals surface area contributed by atoms with Crippen molar-refractivity contribution in [2.45, 2.75) is 37.9 Å². The van der Waals surface area contributed by atoms with Gasteiger partial charge in [0.2, 0.25) is 5.91 Å². The van der Waals surface area contributed by atoms with E-state index in [0.717, 1.165) is 12.1 Å². The number of carboxylic acids is 1. The van der Waals surface area contributed by atoms with Crippen LogP contribution >= 0.6 is 0 Å². The van der Waals surface area contributed by atoms with Crippen molar-refractivity contribution in [3.8, 4) is 0 Å². The Balaban J connectivity index is 2.07. The fraction of sp³-hybridized carbons (Fsp3) is 0.529. The molecule has 1 saturated heterocycles. The van der Waals surface area contributed by atoms with E-state index in [-0.39, 0.29) is 31.9 Å². The van der Waals surface area contributed by atoms with Crippen LogP contribution in [-0.2, 0) is 20.5 Å².